The predicted octanol–water partition coefficient (Wildman–Crippen LogP) is 6.60. The van der Waals surface area contributed by atoms with E-state index in [4.69, 9.17) is 4.74 Å². The van der Waals surface area contributed by atoms with E-state index >= 15 is 0 Å². The number of phenolic OH excluding ortho intramolecular Hbond substituents is 1. The first-order valence-corrected chi connectivity index (χ1v) is 11.4. The number of aromatic nitrogens is 3. The van der Waals surface area contributed by atoms with E-state index in [1.165, 1.54) is 0 Å². The molecule has 35 heavy (non-hydrogen) atoms. The number of aromatic hydroxyl groups is 1. The number of rotatable bonds is 4. The lowest BCUT2D eigenvalue weighted by molar-refractivity contribution is 0.460. The van der Waals surface area contributed by atoms with Crippen molar-refractivity contribution in [3.05, 3.63) is 90.6 Å². The molecule has 3 aromatic carbocycles. The summed E-state index contributed by atoms with van der Waals surface area (Å²) < 4.78 is 8.38. The third kappa shape index (κ3) is 3.51. The highest BCUT2D eigenvalue weighted by atomic mass is 16.5. The third-order valence-corrected chi connectivity index (χ3v) is 6.34. The molecule has 6 rings (SSSR count). The minimum atomic E-state index is 0.137. The molecule has 6 aromatic rings. The predicted molar refractivity (Wildman–Crippen MR) is 141 cm³/mol. The molecule has 0 aliphatic carbocycles. The molecule has 0 aliphatic heterocycles. The maximum Gasteiger partial charge on any atom is 0.220 e. The fourth-order valence-corrected chi connectivity index (χ4v) is 4.61. The monoisotopic (exact) mass is 460 g/mol. The Labute approximate surface area is 202 Å². The molecular weight excluding hydrogens is 436 g/mol. The van der Waals surface area contributed by atoms with Crippen molar-refractivity contribution < 1.29 is 9.84 Å². The van der Waals surface area contributed by atoms with Gasteiger partial charge in [-0.25, -0.2) is 9.97 Å². The number of fused-ring (bicyclic) bond motifs is 4. The number of nitrogens with zero attached hydrogens (tertiary/aromatic N) is 4. The molecule has 0 aliphatic rings. The highest BCUT2D eigenvalue weighted by Gasteiger charge is 2.15. The van der Waals surface area contributed by atoms with Crippen LogP contribution >= 0.6 is 0 Å². The van der Waals surface area contributed by atoms with E-state index in [-0.39, 0.29) is 5.75 Å². The Hall–Kier alpha value is -4.58. The van der Waals surface area contributed by atoms with Gasteiger partial charge in [-0.3, -0.25) is 4.57 Å². The van der Waals surface area contributed by atoms with Gasteiger partial charge in [0, 0.05) is 60.3 Å². The second-order valence-electron chi connectivity index (χ2n) is 8.85. The minimum Gasteiger partial charge on any atom is -0.506 e. The van der Waals surface area contributed by atoms with Crippen molar-refractivity contribution in [2.45, 2.75) is 6.92 Å². The SMILES string of the molecule is Cc1cc(Oc2ccc3c4ccccc4n(-c4cc(N(C)C)ccn4)c3c2)nc2c(O)cccc12. The summed E-state index contributed by atoms with van der Waals surface area (Å²) in [6.07, 6.45) is 1.83. The Morgan fingerprint density at radius 3 is 2.49 bits per heavy atom. The van der Waals surface area contributed by atoms with Crippen molar-refractivity contribution in [2.24, 2.45) is 0 Å². The van der Waals surface area contributed by atoms with Crippen LogP contribution in [0.4, 0.5) is 5.69 Å². The maximum atomic E-state index is 10.3. The number of anilines is 1. The van der Waals surface area contributed by atoms with Gasteiger partial charge in [0.25, 0.3) is 0 Å². The fraction of sp³-hybridized carbons (Fsp3) is 0.103. The van der Waals surface area contributed by atoms with E-state index in [0.29, 0.717) is 17.1 Å². The molecule has 1 N–H and O–H groups in total. The van der Waals surface area contributed by atoms with Gasteiger partial charge in [0.05, 0.1) is 11.0 Å². The van der Waals surface area contributed by atoms with Crippen LogP contribution in [0.2, 0.25) is 0 Å². The van der Waals surface area contributed by atoms with Crippen molar-refractivity contribution in [1.29, 1.82) is 0 Å². The van der Waals surface area contributed by atoms with Crippen molar-refractivity contribution in [3.8, 4) is 23.2 Å². The molecule has 6 heteroatoms. The van der Waals surface area contributed by atoms with Crippen LogP contribution in [0, 0.1) is 6.92 Å². The van der Waals surface area contributed by atoms with Crippen LogP contribution in [-0.2, 0) is 0 Å². The molecule has 0 saturated carbocycles. The van der Waals surface area contributed by atoms with Gasteiger partial charge < -0.3 is 14.7 Å². The maximum absolute atomic E-state index is 10.3. The zero-order valence-electron chi connectivity index (χ0n) is 19.7. The van der Waals surface area contributed by atoms with Gasteiger partial charge in [-0.05, 0) is 42.8 Å². The van der Waals surface area contributed by atoms with Gasteiger partial charge in [-0.1, -0.05) is 30.3 Å². The van der Waals surface area contributed by atoms with E-state index in [0.717, 1.165) is 44.3 Å². The summed E-state index contributed by atoms with van der Waals surface area (Å²) >= 11 is 0. The molecule has 0 saturated heterocycles. The average Bonchev–Trinajstić information content (AvgIpc) is 3.18. The molecule has 0 unspecified atom stereocenters. The Morgan fingerprint density at radius 2 is 1.63 bits per heavy atom. The lowest BCUT2D eigenvalue weighted by atomic mass is 10.1. The first-order chi connectivity index (χ1) is 17.0. The van der Waals surface area contributed by atoms with Gasteiger partial charge in [-0.2, -0.15) is 0 Å². The number of hydrogen-bond acceptors (Lipinski definition) is 5. The lowest BCUT2D eigenvalue weighted by Gasteiger charge is -2.14. The molecule has 0 spiro atoms. The smallest absolute Gasteiger partial charge is 0.220 e. The normalized spacial score (nSPS) is 11.4. The Balaban J connectivity index is 1.52. The van der Waals surface area contributed by atoms with E-state index in [2.05, 4.69) is 49.8 Å². The van der Waals surface area contributed by atoms with Crippen LogP contribution < -0.4 is 9.64 Å². The Kier molecular flexibility index (Phi) is 4.81. The summed E-state index contributed by atoms with van der Waals surface area (Å²) in [6, 6.07) is 25.7. The van der Waals surface area contributed by atoms with Crippen LogP contribution in [0.15, 0.2) is 85.1 Å². The summed E-state index contributed by atoms with van der Waals surface area (Å²) in [5.74, 6) is 2.07. The quantitative estimate of drug-likeness (QED) is 0.321. The Bertz CT molecular complexity index is 1740. The lowest BCUT2D eigenvalue weighted by Crippen LogP contribution is -2.09. The second kappa shape index (κ2) is 8.02. The van der Waals surface area contributed by atoms with Gasteiger partial charge >= 0.3 is 0 Å². The standard InChI is InChI=1S/C29H24N4O2/c1-18-15-28(31-29-21(18)8-6-10-26(29)34)35-20-11-12-23-22-7-4-5-9-24(22)33(25(23)17-20)27-16-19(32(2)3)13-14-30-27/h4-17,34H,1-3H3. The fourth-order valence-electron chi connectivity index (χ4n) is 4.61. The summed E-state index contributed by atoms with van der Waals surface area (Å²) in [5.41, 5.74) is 4.66. The van der Waals surface area contributed by atoms with Gasteiger partial charge in [0.1, 0.15) is 22.8 Å². The molecule has 172 valence electrons. The first-order valence-electron chi connectivity index (χ1n) is 11.4. The molecule has 3 aromatic heterocycles. The van der Waals surface area contributed by atoms with E-state index in [9.17, 15) is 5.11 Å². The molecule has 6 nitrogen and oxygen atoms in total. The van der Waals surface area contributed by atoms with Crippen molar-refractivity contribution in [3.63, 3.8) is 0 Å². The van der Waals surface area contributed by atoms with E-state index < -0.39 is 0 Å². The molecule has 0 amide bonds. The van der Waals surface area contributed by atoms with Gasteiger partial charge in [0.2, 0.25) is 5.88 Å². The number of hydrogen-bond donors (Lipinski definition) is 1. The topological polar surface area (TPSA) is 63.4 Å². The Morgan fingerprint density at radius 1 is 0.829 bits per heavy atom. The van der Waals surface area contributed by atoms with Gasteiger partial charge in [0.15, 0.2) is 0 Å². The van der Waals surface area contributed by atoms with Crippen molar-refractivity contribution >= 4 is 38.4 Å². The second-order valence-corrected chi connectivity index (χ2v) is 8.85. The number of pyridine rings is 2. The van der Waals surface area contributed by atoms with Crippen molar-refractivity contribution in [2.75, 3.05) is 19.0 Å². The highest BCUT2D eigenvalue weighted by molar-refractivity contribution is 6.09. The summed E-state index contributed by atoms with van der Waals surface area (Å²) in [6.45, 7) is 1.99. The van der Waals surface area contributed by atoms with Crippen LogP contribution in [0.25, 0.3) is 38.5 Å². The number of ether oxygens (including phenoxy) is 1. The molecule has 3 heterocycles. The molecule has 0 bridgehead atoms. The molecule has 0 atom stereocenters. The zero-order valence-corrected chi connectivity index (χ0v) is 19.7. The van der Waals surface area contributed by atoms with Crippen LogP contribution in [-0.4, -0.2) is 33.7 Å². The van der Waals surface area contributed by atoms with Crippen LogP contribution in [0.3, 0.4) is 0 Å². The molecular formula is C29H24N4O2. The van der Waals surface area contributed by atoms with Crippen LogP contribution in [0.1, 0.15) is 5.56 Å². The zero-order chi connectivity index (χ0) is 24.1. The third-order valence-electron chi connectivity index (χ3n) is 6.34. The minimum absolute atomic E-state index is 0.137. The largest absolute Gasteiger partial charge is 0.506 e. The molecule has 0 fully saturated rings. The summed E-state index contributed by atoms with van der Waals surface area (Å²) in [7, 11) is 4.04. The summed E-state index contributed by atoms with van der Waals surface area (Å²) in [5, 5.41) is 13.5. The van der Waals surface area contributed by atoms with Gasteiger partial charge in [-0.15, -0.1) is 0 Å². The van der Waals surface area contributed by atoms with Crippen molar-refractivity contribution in [1.82, 2.24) is 14.5 Å². The van der Waals surface area contributed by atoms with E-state index in [1.54, 1.807) is 6.07 Å². The van der Waals surface area contributed by atoms with Crippen LogP contribution in [0.5, 0.6) is 17.4 Å². The number of benzene rings is 3. The highest BCUT2D eigenvalue weighted by Crippen LogP contribution is 2.36. The van der Waals surface area contributed by atoms with E-state index in [1.807, 2.05) is 69.7 Å². The number of para-hydroxylation sites is 2. The average molecular weight is 461 g/mol. The summed E-state index contributed by atoms with van der Waals surface area (Å²) in [4.78, 5) is 11.3. The molecule has 0 radical (unpaired) electrons. The number of aryl methyl sites for hydroxylation is 1. The number of phenols is 1. The first kappa shape index (κ1) is 21.0.